The van der Waals surface area contributed by atoms with Gasteiger partial charge in [0, 0.05) is 17.5 Å². The number of carbonyl (C=O) groups is 3. The molecule has 3 rings (SSSR count). The first-order valence-electron chi connectivity index (χ1n) is 7.26. The number of hydrogen-bond donors (Lipinski definition) is 3. The number of anilines is 2. The number of β-amino-alcohol motifs (C(OH)–C–C–N with tert-alkyl or cyclic N) is 1. The van der Waals surface area contributed by atoms with E-state index in [-0.39, 0.29) is 24.8 Å². The minimum absolute atomic E-state index is 0.0328. The summed E-state index contributed by atoms with van der Waals surface area (Å²) in [5.41, 5.74) is 1.69. The number of fused-ring (bicyclic) bond motifs is 1. The van der Waals surface area contributed by atoms with Gasteiger partial charge in [-0.25, -0.2) is 0 Å². The highest BCUT2D eigenvalue weighted by molar-refractivity contribution is 6.17. The summed E-state index contributed by atoms with van der Waals surface area (Å²) < 4.78 is 0. The van der Waals surface area contributed by atoms with Crippen LogP contribution >= 0.6 is 0 Å². The van der Waals surface area contributed by atoms with Crippen LogP contribution in [0, 0.1) is 0 Å². The molecule has 2 aliphatic heterocycles. The SMILES string of the molecule is CC1(C)C(=O)Nc2ccc(NC3=CC(=O)N(CCO)C3=O)cc21. The van der Waals surface area contributed by atoms with Gasteiger partial charge in [0.05, 0.1) is 18.6 Å². The number of carbonyl (C=O) groups excluding carboxylic acids is 3. The van der Waals surface area contributed by atoms with Gasteiger partial charge in [0.1, 0.15) is 5.70 Å². The highest BCUT2D eigenvalue weighted by Gasteiger charge is 2.38. The predicted molar refractivity (Wildman–Crippen MR) is 83.6 cm³/mol. The molecule has 1 aromatic rings. The Bertz CT molecular complexity index is 752. The van der Waals surface area contributed by atoms with Crippen LogP contribution in [0.4, 0.5) is 11.4 Å². The van der Waals surface area contributed by atoms with Gasteiger partial charge in [-0.05, 0) is 37.6 Å². The van der Waals surface area contributed by atoms with Gasteiger partial charge in [0.25, 0.3) is 11.8 Å². The van der Waals surface area contributed by atoms with Crippen LogP contribution in [0.1, 0.15) is 19.4 Å². The molecule has 0 fully saturated rings. The van der Waals surface area contributed by atoms with Gasteiger partial charge >= 0.3 is 0 Å². The Morgan fingerprint density at radius 1 is 1.26 bits per heavy atom. The molecule has 0 saturated carbocycles. The third-order valence-electron chi connectivity index (χ3n) is 4.12. The van der Waals surface area contributed by atoms with Crippen molar-refractivity contribution in [1.29, 1.82) is 0 Å². The number of aliphatic hydroxyl groups is 1. The van der Waals surface area contributed by atoms with E-state index in [2.05, 4.69) is 10.6 Å². The molecule has 120 valence electrons. The highest BCUT2D eigenvalue weighted by Crippen LogP contribution is 2.39. The second-order valence-electron chi connectivity index (χ2n) is 6.04. The molecule has 2 aliphatic rings. The summed E-state index contributed by atoms with van der Waals surface area (Å²) in [4.78, 5) is 36.8. The van der Waals surface area contributed by atoms with Crippen molar-refractivity contribution in [2.45, 2.75) is 19.3 Å². The van der Waals surface area contributed by atoms with Gasteiger partial charge in [-0.3, -0.25) is 19.3 Å². The van der Waals surface area contributed by atoms with Gasteiger partial charge in [-0.2, -0.15) is 0 Å². The third kappa shape index (κ3) is 2.39. The van der Waals surface area contributed by atoms with Crippen LogP contribution in [0.2, 0.25) is 0 Å². The number of hydrogen-bond acceptors (Lipinski definition) is 5. The monoisotopic (exact) mass is 315 g/mol. The van der Waals surface area contributed by atoms with Gasteiger partial charge in [0.2, 0.25) is 5.91 Å². The van der Waals surface area contributed by atoms with E-state index in [1.807, 2.05) is 13.8 Å². The Balaban J connectivity index is 1.85. The maximum absolute atomic E-state index is 12.1. The molecular formula is C16H17N3O4. The van der Waals surface area contributed by atoms with Crippen molar-refractivity contribution < 1.29 is 19.5 Å². The van der Waals surface area contributed by atoms with E-state index in [4.69, 9.17) is 5.11 Å². The fourth-order valence-corrected chi connectivity index (χ4v) is 2.71. The quantitative estimate of drug-likeness (QED) is 0.706. The Morgan fingerprint density at radius 3 is 2.70 bits per heavy atom. The molecule has 23 heavy (non-hydrogen) atoms. The van der Waals surface area contributed by atoms with E-state index in [0.717, 1.165) is 16.2 Å². The fraction of sp³-hybridized carbons (Fsp3) is 0.312. The third-order valence-corrected chi connectivity index (χ3v) is 4.12. The maximum atomic E-state index is 12.1. The van der Waals surface area contributed by atoms with Gasteiger partial charge in [0.15, 0.2) is 0 Å². The smallest absolute Gasteiger partial charge is 0.277 e. The molecule has 1 aromatic carbocycles. The Morgan fingerprint density at radius 2 is 2.00 bits per heavy atom. The van der Waals surface area contributed by atoms with Gasteiger partial charge in [-0.1, -0.05) is 0 Å². The molecule has 7 nitrogen and oxygen atoms in total. The summed E-state index contributed by atoms with van der Waals surface area (Å²) in [7, 11) is 0. The molecule has 0 aliphatic carbocycles. The van der Waals surface area contributed by atoms with Crippen molar-refractivity contribution in [2.75, 3.05) is 23.8 Å². The number of amides is 3. The van der Waals surface area contributed by atoms with E-state index >= 15 is 0 Å². The molecule has 0 saturated heterocycles. The van der Waals surface area contributed by atoms with Crippen molar-refractivity contribution in [3.8, 4) is 0 Å². The summed E-state index contributed by atoms with van der Waals surface area (Å²) in [5, 5.41) is 14.6. The predicted octanol–water partition coefficient (Wildman–Crippen LogP) is 0.573. The lowest BCUT2D eigenvalue weighted by Gasteiger charge is -2.17. The van der Waals surface area contributed by atoms with Crippen LogP contribution in [0.15, 0.2) is 30.0 Å². The van der Waals surface area contributed by atoms with Crippen molar-refractivity contribution in [3.05, 3.63) is 35.5 Å². The molecule has 0 atom stereocenters. The summed E-state index contributed by atoms with van der Waals surface area (Å²) in [5.74, 6) is -1.01. The minimum atomic E-state index is -0.653. The lowest BCUT2D eigenvalue weighted by Crippen LogP contribution is -2.34. The number of rotatable bonds is 4. The first-order valence-corrected chi connectivity index (χ1v) is 7.26. The molecule has 0 radical (unpaired) electrons. The maximum Gasteiger partial charge on any atom is 0.277 e. The normalized spacial score (nSPS) is 18.8. The average molecular weight is 315 g/mol. The highest BCUT2D eigenvalue weighted by atomic mass is 16.3. The number of aliphatic hydroxyl groups excluding tert-OH is 1. The zero-order valence-electron chi connectivity index (χ0n) is 12.8. The topological polar surface area (TPSA) is 98.7 Å². The molecule has 3 N–H and O–H groups in total. The zero-order valence-corrected chi connectivity index (χ0v) is 12.8. The first-order chi connectivity index (χ1) is 10.8. The lowest BCUT2D eigenvalue weighted by molar-refractivity contribution is -0.137. The summed E-state index contributed by atoms with van der Waals surface area (Å²) in [6.07, 6.45) is 1.21. The Kier molecular flexibility index (Phi) is 3.45. The van der Waals surface area contributed by atoms with E-state index in [1.54, 1.807) is 18.2 Å². The molecule has 2 heterocycles. The minimum Gasteiger partial charge on any atom is -0.395 e. The van der Waals surface area contributed by atoms with Crippen LogP contribution in [0.5, 0.6) is 0 Å². The lowest BCUT2D eigenvalue weighted by atomic mass is 9.86. The molecular weight excluding hydrogens is 298 g/mol. The van der Waals surface area contributed by atoms with Crippen LogP contribution in [0.25, 0.3) is 0 Å². The molecule has 7 heteroatoms. The second kappa shape index (κ2) is 5.20. The van der Waals surface area contributed by atoms with Crippen LogP contribution in [-0.2, 0) is 19.8 Å². The summed E-state index contributed by atoms with van der Waals surface area (Å²) in [6, 6.07) is 5.28. The largest absolute Gasteiger partial charge is 0.395 e. The molecule has 0 aromatic heterocycles. The van der Waals surface area contributed by atoms with Crippen molar-refractivity contribution in [3.63, 3.8) is 0 Å². The van der Waals surface area contributed by atoms with E-state index in [0.29, 0.717) is 5.69 Å². The van der Waals surface area contributed by atoms with Gasteiger partial charge < -0.3 is 15.7 Å². The number of benzene rings is 1. The zero-order chi connectivity index (χ0) is 16.8. The molecule has 0 spiro atoms. The van der Waals surface area contributed by atoms with Crippen LogP contribution < -0.4 is 10.6 Å². The van der Waals surface area contributed by atoms with E-state index in [1.165, 1.54) is 6.08 Å². The second-order valence-corrected chi connectivity index (χ2v) is 6.04. The summed E-state index contributed by atoms with van der Waals surface area (Å²) >= 11 is 0. The molecule has 0 unspecified atom stereocenters. The molecule has 0 bridgehead atoms. The standard InChI is InChI=1S/C16H17N3O4/c1-16(2)10-7-9(3-4-11(10)18-15(16)23)17-12-8-13(21)19(5-6-20)14(12)22/h3-4,7-8,17,20H,5-6H2,1-2H3,(H,18,23). The Labute approximate surface area is 133 Å². The van der Waals surface area contributed by atoms with E-state index in [9.17, 15) is 14.4 Å². The van der Waals surface area contributed by atoms with Crippen molar-refractivity contribution in [2.24, 2.45) is 0 Å². The Hall–Kier alpha value is -2.67. The van der Waals surface area contributed by atoms with Crippen molar-refractivity contribution >= 4 is 29.1 Å². The number of nitrogens with zero attached hydrogens (tertiary/aromatic N) is 1. The first kappa shape index (κ1) is 15.2. The average Bonchev–Trinajstić information content (AvgIpc) is 2.88. The van der Waals surface area contributed by atoms with Crippen molar-refractivity contribution in [1.82, 2.24) is 4.90 Å². The van der Waals surface area contributed by atoms with Crippen LogP contribution in [-0.4, -0.2) is 40.9 Å². The van der Waals surface area contributed by atoms with E-state index < -0.39 is 17.2 Å². The number of nitrogens with one attached hydrogen (secondary N) is 2. The molecule has 3 amide bonds. The number of imide groups is 1. The van der Waals surface area contributed by atoms with Gasteiger partial charge in [-0.15, -0.1) is 0 Å². The fourth-order valence-electron chi connectivity index (χ4n) is 2.71. The van der Waals surface area contributed by atoms with Crippen LogP contribution in [0.3, 0.4) is 0 Å². The summed E-state index contributed by atoms with van der Waals surface area (Å²) in [6.45, 7) is 3.34.